The number of nitrogens with zero attached hydrogens (tertiary/aromatic N) is 3. The lowest BCUT2D eigenvalue weighted by atomic mass is 9.71. The summed E-state index contributed by atoms with van der Waals surface area (Å²) < 4.78 is 1.87. The molecule has 1 aliphatic carbocycles. The second-order valence-corrected chi connectivity index (χ2v) is 6.95. The van der Waals surface area contributed by atoms with Gasteiger partial charge in [-0.25, -0.2) is 0 Å². The van der Waals surface area contributed by atoms with Crippen LogP contribution in [0.2, 0.25) is 0 Å². The summed E-state index contributed by atoms with van der Waals surface area (Å²) >= 11 is 5.20. The van der Waals surface area contributed by atoms with Crippen molar-refractivity contribution in [2.45, 2.75) is 44.6 Å². The maximum Gasteiger partial charge on any atom is 0.137 e. The number of piperidine rings is 1. The molecule has 5 nitrogen and oxygen atoms in total. The molecule has 3 N–H and O–H groups in total. The molecule has 0 spiro atoms. The van der Waals surface area contributed by atoms with Crippen molar-refractivity contribution < 1.29 is 5.11 Å². The summed E-state index contributed by atoms with van der Waals surface area (Å²) in [6, 6.07) is 0. The molecule has 0 amide bonds. The molecule has 0 aromatic carbocycles. The zero-order valence-electron chi connectivity index (χ0n) is 12.8. The van der Waals surface area contributed by atoms with E-state index in [1.54, 1.807) is 0 Å². The van der Waals surface area contributed by atoms with Crippen molar-refractivity contribution in [2.24, 2.45) is 18.7 Å². The third kappa shape index (κ3) is 2.44. The van der Waals surface area contributed by atoms with Gasteiger partial charge in [0.15, 0.2) is 0 Å². The Balaban J connectivity index is 1.91. The largest absolute Gasteiger partial charge is 0.389 e. The van der Waals surface area contributed by atoms with Gasteiger partial charge in [-0.1, -0.05) is 25.1 Å². The molecule has 2 unspecified atom stereocenters. The Labute approximate surface area is 131 Å². The van der Waals surface area contributed by atoms with Crippen LogP contribution in [0.4, 0.5) is 5.82 Å². The van der Waals surface area contributed by atoms with E-state index in [0.717, 1.165) is 55.8 Å². The van der Waals surface area contributed by atoms with Crippen LogP contribution in [0.5, 0.6) is 0 Å². The number of fused-ring (bicyclic) bond motifs is 1. The highest BCUT2D eigenvalue weighted by Crippen LogP contribution is 2.41. The van der Waals surface area contributed by atoms with Crippen LogP contribution in [0, 0.1) is 12.8 Å². The molecule has 1 aromatic rings. The van der Waals surface area contributed by atoms with Gasteiger partial charge in [-0.15, -0.1) is 0 Å². The molecule has 0 radical (unpaired) electrons. The Morgan fingerprint density at radius 2 is 2.19 bits per heavy atom. The standard InChI is InChI=1S/C15H24N4OS/c1-10-12(13(16)21)14(18(2)17-10)19-8-7-15(20)6-4-3-5-11(15)9-19/h11,20H,3-9H2,1-2H3,(H2,16,21). The van der Waals surface area contributed by atoms with E-state index in [1.807, 2.05) is 18.7 Å². The molecule has 1 saturated carbocycles. The second-order valence-electron chi connectivity index (χ2n) is 6.51. The van der Waals surface area contributed by atoms with Crippen LogP contribution in [0.25, 0.3) is 0 Å². The Bertz CT molecular complexity index is 570. The first-order valence-corrected chi connectivity index (χ1v) is 8.14. The Morgan fingerprint density at radius 3 is 2.90 bits per heavy atom. The van der Waals surface area contributed by atoms with Crippen LogP contribution in [-0.4, -0.2) is 38.6 Å². The van der Waals surface area contributed by atoms with Gasteiger partial charge in [0, 0.05) is 26.1 Å². The Morgan fingerprint density at radius 1 is 1.43 bits per heavy atom. The molecule has 1 aliphatic heterocycles. The summed E-state index contributed by atoms with van der Waals surface area (Å²) in [7, 11) is 1.94. The van der Waals surface area contributed by atoms with Crippen LogP contribution in [-0.2, 0) is 7.05 Å². The van der Waals surface area contributed by atoms with Gasteiger partial charge in [0.1, 0.15) is 10.8 Å². The fourth-order valence-electron chi connectivity index (χ4n) is 4.06. The molecule has 2 heterocycles. The predicted molar refractivity (Wildman–Crippen MR) is 87.6 cm³/mol. The van der Waals surface area contributed by atoms with Crippen LogP contribution in [0.3, 0.4) is 0 Å². The van der Waals surface area contributed by atoms with E-state index in [0.29, 0.717) is 10.9 Å². The quantitative estimate of drug-likeness (QED) is 0.810. The van der Waals surface area contributed by atoms with Crippen LogP contribution in [0.1, 0.15) is 43.4 Å². The molecule has 1 aromatic heterocycles. The van der Waals surface area contributed by atoms with Gasteiger partial charge < -0.3 is 15.7 Å². The monoisotopic (exact) mass is 308 g/mol. The van der Waals surface area contributed by atoms with Crippen molar-refractivity contribution >= 4 is 23.0 Å². The highest BCUT2D eigenvalue weighted by molar-refractivity contribution is 7.80. The number of hydrogen-bond acceptors (Lipinski definition) is 4. The number of anilines is 1. The predicted octanol–water partition coefficient (Wildman–Crippen LogP) is 1.49. The molecule has 116 valence electrons. The van der Waals surface area contributed by atoms with Crippen molar-refractivity contribution in [2.75, 3.05) is 18.0 Å². The number of hydrogen-bond donors (Lipinski definition) is 2. The van der Waals surface area contributed by atoms with E-state index in [-0.39, 0.29) is 0 Å². The highest BCUT2D eigenvalue weighted by Gasteiger charge is 2.43. The van der Waals surface area contributed by atoms with Gasteiger partial charge in [0.25, 0.3) is 0 Å². The molecular formula is C15H24N4OS. The lowest BCUT2D eigenvalue weighted by Gasteiger charge is -2.48. The van der Waals surface area contributed by atoms with Crippen molar-refractivity contribution in [3.8, 4) is 0 Å². The molecule has 6 heteroatoms. The Kier molecular flexibility index (Phi) is 3.69. The number of nitrogens with two attached hydrogens (primary N) is 1. The zero-order chi connectivity index (χ0) is 15.2. The summed E-state index contributed by atoms with van der Waals surface area (Å²) in [5, 5.41) is 15.3. The Hall–Kier alpha value is -1.14. The first kappa shape index (κ1) is 14.8. The van der Waals surface area contributed by atoms with Gasteiger partial charge in [0.2, 0.25) is 0 Å². The average Bonchev–Trinajstić information content (AvgIpc) is 2.72. The fourth-order valence-corrected chi connectivity index (χ4v) is 4.30. The molecule has 2 atom stereocenters. The maximum atomic E-state index is 10.8. The molecule has 1 saturated heterocycles. The summed E-state index contributed by atoms with van der Waals surface area (Å²) in [5.74, 6) is 1.35. The van der Waals surface area contributed by atoms with Crippen LogP contribution >= 0.6 is 12.2 Å². The van der Waals surface area contributed by atoms with E-state index >= 15 is 0 Å². The summed E-state index contributed by atoms with van der Waals surface area (Å²) in [6.07, 6.45) is 5.23. The smallest absolute Gasteiger partial charge is 0.137 e. The third-order valence-corrected chi connectivity index (χ3v) is 5.37. The first-order chi connectivity index (χ1) is 9.92. The maximum absolute atomic E-state index is 10.8. The van der Waals surface area contributed by atoms with Crippen molar-refractivity contribution in [1.82, 2.24) is 9.78 Å². The summed E-state index contributed by atoms with van der Waals surface area (Å²) in [5.41, 5.74) is 7.19. The molecule has 2 aliphatic rings. The van der Waals surface area contributed by atoms with Gasteiger partial charge in [-0.05, 0) is 26.2 Å². The van der Waals surface area contributed by atoms with Crippen molar-refractivity contribution in [3.63, 3.8) is 0 Å². The minimum Gasteiger partial charge on any atom is -0.389 e. The first-order valence-electron chi connectivity index (χ1n) is 7.73. The molecule has 0 bridgehead atoms. The van der Waals surface area contributed by atoms with E-state index in [4.69, 9.17) is 18.0 Å². The normalized spacial score (nSPS) is 29.3. The van der Waals surface area contributed by atoms with Crippen molar-refractivity contribution in [3.05, 3.63) is 11.3 Å². The van der Waals surface area contributed by atoms with Gasteiger partial charge >= 0.3 is 0 Å². The summed E-state index contributed by atoms with van der Waals surface area (Å²) in [4.78, 5) is 2.71. The lowest BCUT2D eigenvalue weighted by molar-refractivity contribution is -0.0614. The van der Waals surface area contributed by atoms with Crippen LogP contribution < -0.4 is 10.6 Å². The topological polar surface area (TPSA) is 67.3 Å². The third-order valence-electron chi connectivity index (χ3n) is 5.17. The van der Waals surface area contributed by atoms with E-state index in [1.165, 1.54) is 6.42 Å². The van der Waals surface area contributed by atoms with Gasteiger partial charge in [-0.2, -0.15) is 5.10 Å². The highest BCUT2D eigenvalue weighted by atomic mass is 32.1. The minimum atomic E-state index is -0.466. The molecular weight excluding hydrogens is 284 g/mol. The zero-order valence-corrected chi connectivity index (χ0v) is 13.6. The van der Waals surface area contributed by atoms with Gasteiger partial charge in [0.05, 0.1) is 16.9 Å². The lowest BCUT2D eigenvalue weighted by Crippen LogP contribution is -2.54. The van der Waals surface area contributed by atoms with Crippen LogP contribution in [0.15, 0.2) is 0 Å². The SMILES string of the molecule is Cc1nn(C)c(N2CCC3(O)CCCCC3C2)c1C(N)=S. The summed E-state index contributed by atoms with van der Waals surface area (Å²) in [6.45, 7) is 3.64. The number of aliphatic hydroxyl groups is 1. The average molecular weight is 308 g/mol. The fraction of sp³-hybridized carbons (Fsp3) is 0.733. The van der Waals surface area contributed by atoms with E-state index < -0.39 is 5.60 Å². The second kappa shape index (κ2) is 5.25. The number of thiocarbonyl (C=S) groups is 1. The molecule has 2 fully saturated rings. The molecule has 21 heavy (non-hydrogen) atoms. The number of rotatable bonds is 2. The minimum absolute atomic E-state index is 0.342. The number of aromatic nitrogens is 2. The molecule has 3 rings (SSSR count). The number of aryl methyl sites for hydroxylation is 2. The van der Waals surface area contributed by atoms with E-state index in [9.17, 15) is 5.11 Å². The van der Waals surface area contributed by atoms with Crippen molar-refractivity contribution in [1.29, 1.82) is 0 Å². The van der Waals surface area contributed by atoms with Gasteiger partial charge in [-0.3, -0.25) is 4.68 Å². The van der Waals surface area contributed by atoms with E-state index in [2.05, 4.69) is 10.00 Å².